The molecule has 1 saturated carbocycles. The zero-order chi connectivity index (χ0) is 21.0. The molecule has 3 aromatic heterocycles. The third-order valence-electron chi connectivity index (χ3n) is 5.84. The minimum Gasteiger partial charge on any atom is -0.439 e. The molecule has 1 aliphatic carbocycles. The van der Waals surface area contributed by atoms with Gasteiger partial charge in [-0.1, -0.05) is 30.6 Å². The lowest BCUT2D eigenvalue weighted by Gasteiger charge is -2.28. The van der Waals surface area contributed by atoms with Crippen molar-refractivity contribution in [2.24, 2.45) is 5.92 Å². The van der Waals surface area contributed by atoms with Gasteiger partial charge in [0, 0.05) is 42.3 Å². The molecular weight excluding hydrogens is 406 g/mol. The Morgan fingerprint density at radius 3 is 2.81 bits per heavy atom. The third kappa shape index (κ3) is 4.66. The van der Waals surface area contributed by atoms with Crippen LogP contribution in [0.3, 0.4) is 0 Å². The first-order chi connectivity index (χ1) is 15.2. The summed E-state index contributed by atoms with van der Waals surface area (Å²) in [6, 6.07) is 12.0. The molecule has 5 rings (SSSR count). The predicted molar refractivity (Wildman–Crippen MR) is 125 cm³/mol. The molecular formula is C24H25N5OS. The van der Waals surface area contributed by atoms with E-state index >= 15 is 0 Å². The molecule has 0 bridgehead atoms. The van der Waals surface area contributed by atoms with Crippen molar-refractivity contribution < 1.29 is 4.74 Å². The Morgan fingerprint density at radius 1 is 1.06 bits per heavy atom. The number of nitrogens with one attached hydrogen (secondary N) is 1. The van der Waals surface area contributed by atoms with Crippen LogP contribution in [0.25, 0.3) is 21.6 Å². The van der Waals surface area contributed by atoms with E-state index in [-0.39, 0.29) is 0 Å². The number of nitrogens with zero attached hydrogens (tertiary/aromatic N) is 4. The van der Waals surface area contributed by atoms with Crippen LogP contribution >= 0.6 is 11.3 Å². The molecule has 6 nitrogen and oxygen atoms in total. The zero-order valence-corrected chi connectivity index (χ0v) is 18.3. The molecule has 31 heavy (non-hydrogen) atoms. The van der Waals surface area contributed by atoms with Gasteiger partial charge in [0.2, 0.25) is 5.88 Å². The first-order valence-corrected chi connectivity index (χ1v) is 11.6. The van der Waals surface area contributed by atoms with E-state index in [1.807, 2.05) is 30.3 Å². The molecule has 1 N–H and O–H groups in total. The molecule has 3 heterocycles. The normalized spacial score (nSPS) is 15.6. The van der Waals surface area contributed by atoms with Gasteiger partial charge in [-0.05, 0) is 49.9 Å². The SMILES string of the molecule is C[C@H](Nc1nc2ccc(Oc3ccnc(-c4cccnc4)n3)cc2s1)C1CCCCC1. The number of thiazole rings is 1. The number of benzene rings is 1. The molecule has 1 atom stereocenters. The van der Waals surface area contributed by atoms with Crippen LogP contribution in [0, 0.1) is 5.92 Å². The second-order valence-electron chi connectivity index (χ2n) is 8.04. The largest absolute Gasteiger partial charge is 0.439 e. The number of hydrogen-bond donors (Lipinski definition) is 1. The summed E-state index contributed by atoms with van der Waals surface area (Å²) >= 11 is 1.67. The summed E-state index contributed by atoms with van der Waals surface area (Å²) in [6.07, 6.45) is 11.9. The second kappa shape index (κ2) is 8.98. The highest BCUT2D eigenvalue weighted by Gasteiger charge is 2.21. The number of anilines is 1. The Hall–Kier alpha value is -3.06. The third-order valence-corrected chi connectivity index (χ3v) is 6.79. The lowest BCUT2D eigenvalue weighted by molar-refractivity contribution is 0.328. The molecule has 158 valence electrons. The van der Waals surface area contributed by atoms with Gasteiger partial charge >= 0.3 is 0 Å². The average Bonchev–Trinajstić information content (AvgIpc) is 3.22. The van der Waals surface area contributed by atoms with E-state index in [0.717, 1.165) is 32.6 Å². The lowest BCUT2D eigenvalue weighted by atomic mass is 9.85. The minimum absolute atomic E-state index is 0.448. The number of hydrogen-bond acceptors (Lipinski definition) is 7. The van der Waals surface area contributed by atoms with Gasteiger partial charge in [0.05, 0.1) is 10.2 Å². The first-order valence-electron chi connectivity index (χ1n) is 10.8. The van der Waals surface area contributed by atoms with Gasteiger partial charge in [-0.25, -0.2) is 9.97 Å². The Morgan fingerprint density at radius 2 is 1.97 bits per heavy atom. The number of aromatic nitrogens is 4. The standard InChI is InChI=1S/C24H25N5OS/c1-16(17-6-3-2-4-7-17)27-24-28-20-10-9-19(14-21(20)31-24)30-22-11-13-26-23(29-22)18-8-5-12-25-15-18/h5,8-17H,2-4,6-7H2,1H3,(H,27,28)/t16-/m0/s1. The van der Waals surface area contributed by atoms with E-state index in [9.17, 15) is 0 Å². The van der Waals surface area contributed by atoms with Gasteiger partial charge in [0.25, 0.3) is 0 Å². The van der Waals surface area contributed by atoms with E-state index in [2.05, 4.69) is 27.2 Å². The molecule has 1 fully saturated rings. The Labute approximate surface area is 185 Å². The molecule has 0 amide bonds. The molecule has 0 radical (unpaired) electrons. The number of ether oxygens (including phenoxy) is 1. The maximum absolute atomic E-state index is 6.02. The second-order valence-corrected chi connectivity index (χ2v) is 9.07. The van der Waals surface area contributed by atoms with E-state index in [4.69, 9.17) is 9.72 Å². The van der Waals surface area contributed by atoms with E-state index in [1.54, 1.807) is 36.0 Å². The van der Waals surface area contributed by atoms with Crippen LogP contribution in [-0.4, -0.2) is 26.0 Å². The molecule has 0 unspecified atom stereocenters. The van der Waals surface area contributed by atoms with Crippen LogP contribution in [0.5, 0.6) is 11.6 Å². The van der Waals surface area contributed by atoms with Crippen LogP contribution in [0.15, 0.2) is 55.0 Å². The molecule has 4 aromatic rings. The highest BCUT2D eigenvalue weighted by Crippen LogP contribution is 2.33. The van der Waals surface area contributed by atoms with Crippen molar-refractivity contribution in [3.05, 3.63) is 55.0 Å². The van der Waals surface area contributed by atoms with Gasteiger partial charge in [-0.15, -0.1) is 0 Å². The fourth-order valence-electron chi connectivity index (χ4n) is 4.13. The van der Waals surface area contributed by atoms with Crippen molar-refractivity contribution in [2.45, 2.75) is 45.1 Å². The summed E-state index contributed by atoms with van der Waals surface area (Å²) in [5.41, 5.74) is 1.84. The lowest BCUT2D eigenvalue weighted by Crippen LogP contribution is -2.27. The number of pyridine rings is 1. The van der Waals surface area contributed by atoms with Gasteiger partial charge in [-0.2, -0.15) is 4.98 Å². The summed E-state index contributed by atoms with van der Waals surface area (Å²) < 4.78 is 7.12. The smallest absolute Gasteiger partial charge is 0.222 e. The van der Waals surface area contributed by atoms with E-state index < -0.39 is 0 Å². The van der Waals surface area contributed by atoms with E-state index in [1.165, 1.54) is 32.1 Å². The van der Waals surface area contributed by atoms with Crippen molar-refractivity contribution in [1.82, 2.24) is 19.9 Å². The highest BCUT2D eigenvalue weighted by atomic mass is 32.1. The Balaban J connectivity index is 1.31. The van der Waals surface area contributed by atoms with Crippen LogP contribution in [0.4, 0.5) is 5.13 Å². The topological polar surface area (TPSA) is 72.8 Å². The van der Waals surface area contributed by atoms with Gasteiger partial charge in [0.1, 0.15) is 5.75 Å². The van der Waals surface area contributed by atoms with Crippen molar-refractivity contribution in [2.75, 3.05) is 5.32 Å². The monoisotopic (exact) mass is 431 g/mol. The fraction of sp³-hybridized carbons (Fsp3) is 0.333. The van der Waals surface area contributed by atoms with Crippen molar-refractivity contribution in [1.29, 1.82) is 0 Å². The number of rotatable bonds is 6. The average molecular weight is 432 g/mol. The van der Waals surface area contributed by atoms with Crippen LogP contribution in [-0.2, 0) is 0 Å². The molecule has 0 spiro atoms. The Bertz CT molecular complexity index is 1160. The van der Waals surface area contributed by atoms with Crippen molar-refractivity contribution in [3.63, 3.8) is 0 Å². The van der Waals surface area contributed by atoms with Crippen LogP contribution in [0.1, 0.15) is 39.0 Å². The summed E-state index contributed by atoms with van der Waals surface area (Å²) in [4.78, 5) is 17.7. The first kappa shape index (κ1) is 19.9. The predicted octanol–water partition coefficient (Wildman–Crippen LogP) is 6.32. The van der Waals surface area contributed by atoms with E-state index in [0.29, 0.717) is 17.7 Å². The summed E-state index contributed by atoms with van der Waals surface area (Å²) in [5, 5.41) is 4.61. The summed E-state index contributed by atoms with van der Waals surface area (Å²) in [7, 11) is 0. The van der Waals surface area contributed by atoms with Crippen molar-refractivity contribution >= 4 is 26.7 Å². The highest BCUT2D eigenvalue weighted by molar-refractivity contribution is 7.22. The zero-order valence-electron chi connectivity index (χ0n) is 17.5. The molecule has 1 aliphatic rings. The molecule has 7 heteroatoms. The van der Waals surface area contributed by atoms with Gasteiger partial charge in [0.15, 0.2) is 11.0 Å². The molecule has 0 aliphatic heterocycles. The molecule has 1 aromatic carbocycles. The van der Waals surface area contributed by atoms with Crippen LogP contribution in [0.2, 0.25) is 0 Å². The Kier molecular flexibility index (Phi) is 5.76. The van der Waals surface area contributed by atoms with Gasteiger partial charge in [-0.3, -0.25) is 4.98 Å². The maximum atomic E-state index is 6.02. The van der Waals surface area contributed by atoms with Crippen LogP contribution < -0.4 is 10.1 Å². The molecule has 0 saturated heterocycles. The quantitative estimate of drug-likeness (QED) is 0.385. The fourth-order valence-corrected chi connectivity index (χ4v) is 5.12. The van der Waals surface area contributed by atoms with Crippen molar-refractivity contribution in [3.8, 4) is 23.0 Å². The minimum atomic E-state index is 0.448. The summed E-state index contributed by atoms with van der Waals surface area (Å²) in [6.45, 7) is 2.28. The number of fused-ring (bicyclic) bond motifs is 1. The summed E-state index contributed by atoms with van der Waals surface area (Å²) in [5.74, 6) is 2.57. The van der Waals surface area contributed by atoms with Gasteiger partial charge < -0.3 is 10.1 Å². The maximum Gasteiger partial charge on any atom is 0.222 e.